The average Bonchev–Trinajstić information content (AvgIpc) is 2.84. The number of methoxy groups -OCH3 is 2. The minimum absolute atomic E-state index is 0.657. The molecule has 1 aromatic heterocycles. The molecule has 1 aliphatic heterocycles. The first-order chi connectivity index (χ1) is 15.6. The van der Waals surface area contributed by atoms with Crippen molar-refractivity contribution in [2.45, 2.75) is 6.42 Å². The molecule has 0 unspecified atom stereocenters. The topological polar surface area (TPSA) is 62.8 Å². The zero-order valence-electron chi connectivity index (χ0n) is 18.2. The van der Waals surface area contributed by atoms with E-state index in [2.05, 4.69) is 25.1 Å². The molecule has 0 aliphatic carbocycles. The summed E-state index contributed by atoms with van der Waals surface area (Å²) in [7, 11) is 3.25. The Morgan fingerprint density at radius 2 is 1.72 bits per heavy atom. The minimum Gasteiger partial charge on any atom is -0.493 e. The third-order valence-electron chi connectivity index (χ3n) is 5.59. The smallest absolute Gasteiger partial charge is 0.169 e. The number of hydrogen-bond donors (Lipinski definition) is 1. The first-order valence-electron chi connectivity index (χ1n) is 10.5. The highest BCUT2D eigenvalue weighted by molar-refractivity contribution is 7.80. The predicted octanol–water partition coefficient (Wildman–Crippen LogP) is 3.54. The number of halogens is 1. The lowest BCUT2D eigenvalue weighted by Gasteiger charge is -2.37. The van der Waals surface area contributed by atoms with Crippen LogP contribution >= 0.6 is 23.8 Å². The van der Waals surface area contributed by atoms with Crippen LogP contribution in [0.1, 0.15) is 5.56 Å². The van der Waals surface area contributed by atoms with Gasteiger partial charge in [0.1, 0.15) is 12.1 Å². The van der Waals surface area contributed by atoms with Crippen molar-refractivity contribution in [2.24, 2.45) is 0 Å². The molecular weight excluding hydrogens is 446 g/mol. The molecule has 1 aliphatic rings. The van der Waals surface area contributed by atoms with Crippen molar-refractivity contribution in [2.75, 3.05) is 51.8 Å². The summed E-state index contributed by atoms with van der Waals surface area (Å²) in [5, 5.41) is 5.87. The summed E-state index contributed by atoms with van der Waals surface area (Å²) >= 11 is 11.6. The fourth-order valence-electron chi connectivity index (χ4n) is 3.82. The fourth-order valence-corrected chi connectivity index (χ4v) is 4.23. The number of nitrogens with one attached hydrogen (secondary N) is 1. The molecule has 0 amide bonds. The molecule has 0 spiro atoms. The Morgan fingerprint density at radius 1 is 1.03 bits per heavy atom. The zero-order chi connectivity index (χ0) is 22.5. The monoisotopic (exact) mass is 471 g/mol. The molecule has 1 N–H and O–H groups in total. The Balaban J connectivity index is 1.36. The number of fused-ring (bicyclic) bond motifs is 1. The maximum Gasteiger partial charge on any atom is 0.169 e. The van der Waals surface area contributed by atoms with Crippen molar-refractivity contribution in [3.63, 3.8) is 0 Å². The number of hydrogen-bond acceptors (Lipinski definition) is 6. The summed E-state index contributed by atoms with van der Waals surface area (Å²) in [6.45, 7) is 4.08. The molecule has 0 atom stereocenters. The van der Waals surface area contributed by atoms with Crippen molar-refractivity contribution in [1.82, 2.24) is 20.2 Å². The summed E-state index contributed by atoms with van der Waals surface area (Å²) in [4.78, 5) is 13.4. The Morgan fingerprint density at radius 3 is 2.41 bits per heavy atom. The highest BCUT2D eigenvalue weighted by Crippen LogP contribution is 2.34. The molecule has 1 fully saturated rings. The van der Waals surface area contributed by atoms with Gasteiger partial charge in [0.05, 0.1) is 19.7 Å². The van der Waals surface area contributed by atoms with Gasteiger partial charge in [-0.3, -0.25) is 0 Å². The lowest BCUT2D eigenvalue weighted by atomic mass is 10.1. The van der Waals surface area contributed by atoms with E-state index in [1.807, 2.05) is 36.4 Å². The summed E-state index contributed by atoms with van der Waals surface area (Å²) in [5.74, 6) is 2.22. The lowest BCUT2D eigenvalue weighted by Crippen LogP contribution is -2.52. The molecule has 4 rings (SSSR count). The Kier molecular flexibility index (Phi) is 7.12. The molecule has 32 heavy (non-hydrogen) atoms. The third kappa shape index (κ3) is 4.97. The van der Waals surface area contributed by atoms with Crippen LogP contribution in [0.25, 0.3) is 10.9 Å². The van der Waals surface area contributed by atoms with Gasteiger partial charge >= 0.3 is 0 Å². The van der Waals surface area contributed by atoms with Crippen LogP contribution in [-0.2, 0) is 6.42 Å². The van der Waals surface area contributed by atoms with Crippen LogP contribution in [0.5, 0.6) is 11.5 Å². The molecule has 9 heteroatoms. The predicted molar refractivity (Wildman–Crippen MR) is 132 cm³/mol. The van der Waals surface area contributed by atoms with E-state index < -0.39 is 0 Å². The third-order valence-corrected chi connectivity index (χ3v) is 6.24. The number of thiocarbonyl (C=S) groups is 1. The van der Waals surface area contributed by atoms with Crippen molar-refractivity contribution < 1.29 is 9.47 Å². The van der Waals surface area contributed by atoms with Gasteiger partial charge in [-0.15, -0.1) is 0 Å². The summed E-state index contributed by atoms with van der Waals surface area (Å²) in [6.07, 6.45) is 2.49. The van der Waals surface area contributed by atoms with Gasteiger partial charge < -0.3 is 24.6 Å². The standard InChI is InChI=1S/C23H26ClN5O2S/c1-30-20-13-18-19(14-21(20)31-2)26-15-27-22(18)28-9-11-29(12-10-28)23(32)25-8-7-16-3-5-17(24)6-4-16/h3-6,13-15H,7-12H2,1-2H3,(H,25,32). The number of rotatable bonds is 6. The number of anilines is 1. The second-order valence-corrected chi connectivity index (χ2v) is 8.33. The lowest BCUT2D eigenvalue weighted by molar-refractivity contribution is 0.355. The Labute approximate surface area is 198 Å². The first-order valence-corrected chi connectivity index (χ1v) is 11.3. The molecule has 2 heterocycles. The average molecular weight is 472 g/mol. The molecule has 7 nitrogen and oxygen atoms in total. The fraction of sp³-hybridized carbons (Fsp3) is 0.348. The van der Waals surface area contributed by atoms with Crippen molar-refractivity contribution in [1.29, 1.82) is 0 Å². The number of nitrogens with zero attached hydrogens (tertiary/aromatic N) is 4. The second kappa shape index (κ2) is 10.2. The van der Waals surface area contributed by atoms with E-state index in [0.29, 0.717) is 11.5 Å². The number of benzene rings is 2. The van der Waals surface area contributed by atoms with Crippen LogP contribution in [0, 0.1) is 0 Å². The normalized spacial score (nSPS) is 13.8. The molecule has 168 valence electrons. The maximum atomic E-state index is 5.95. The summed E-state index contributed by atoms with van der Waals surface area (Å²) in [6, 6.07) is 11.7. The molecule has 0 saturated carbocycles. The van der Waals surface area contributed by atoms with Gasteiger partial charge in [-0.25, -0.2) is 9.97 Å². The molecule has 0 radical (unpaired) electrons. The highest BCUT2D eigenvalue weighted by Gasteiger charge is 2.22. The maximum absolute atomic E-state index is 5.95. The van der Waals surface area contributed by atoms with E-state index in [9.17, 15) is 0 Å². The van der Waals surface area contributed by atoms with E-state index in [4.69, 9.17) is 33.3 Å². The summed E-state index contributed by atoms with van der Waals surface area (Å²) in [5.41, 5.74) is 2.06. The van der Waals surface area contributed by atoms with Gasteiger partial charge in [0.15, 0.2) is 16.6 Å². The van der Waals surface area contributed by atoms with Gasteiger partial charge in [-0.1, -0.05) is 23.7 Å². The van der Waals surface area contributed by atoms with E-state index in [-0.39, 0.29) is 0 Å². The van der Waals surface area contributed by atoms with Gasteiger partial charge in [0.2, 0.25) is 0 Å². The van der Waals surface area contributed by atoms with Crippen LogP contribution in [0.4, 0.5) is 5.82 Å². The van der Waals surface area contributed by atoms with Crippen LogP contribution in [0.15, 0.2) is 42.7 Å². The van der Waals surface area contributed by atoms with E-state index in [1.165, 1.54) is 5.56 Å². The number of piperazine rings is 1. The number of aromatic nitrogens is 2. The number of ether oxygens (including phenoxy) is 2. The Bertz CT molecular complexity index is 1090. The van der Waals surface area contributed by atoms with Crippen LogP contribution in [0.3, 0.4) is 0 Å². The van der Waals surface area contributed by atoms with Crippen molar-refractivity contribution >= 4 is 45.7 Å². The van der Waals surface area contributed by atoms with Crippen LogP contribution in [-0.4, -0.2) is 66.9 Å². The van der Waals surface area contributed by atoms with E-state index in [0.717, 1.165) is 66.0 Å². The second-order valence-electron chi connectivity index (χ2n) is 7.50. The van der Waals surface area contributed by atoms with Crippen LogP contribution < -0.4 is 19.7 Å². The zero-order valence-corrected chi connectivity index (χ0v) is 19.7. The molecule has 0 bridgehead atoms. The Hall–Kier alpha value is -2.84. The van der Waals surface area contributed by atoms with Crippen molar-refractivity contribution in [3.05, 3.63) is 53.3 Å². The van der Waals surface area contributed by atoms with Gasteiger partial charge in [-0.2, -0.15) is 0 Å². The van der Waals surface area contributed by atoms with Gasteiger partial charge in [0, 0.05) is 49.2 Å². The molecule has 3 aromatic rings. The van der Waals surface area contributed by atoms with E-state index >= 15 is 0 Å². The van der Waals surface area contributed by atoms with Crippen molar-refractivity contribution in [3.8, 4) is 11.5 Å². The quantitative estimate of drug-likeness (QED) is 0.548. The van der Waals surface area contributed by atoms with Crippen LogP contribution in [0.2, 0.25) is 5.02 Å². The minimum atomic E-state index is 0.657. The van der Waals surface area contributed by atoms with E-state index in [1.54, 1.807) is 20.5 Å². The largest absolute Gasteiger partial charge is 0.493 e. The molecule has 1 saturated heterocycles. The SMILES string of the molecule is COc1cc2ncnc(N3CCN(C(=S)NCCc4ccc(Cl)cc4)CC3)c2cc1OC. The molecular formula is C23H26ClN5O2S. The summed E-state index contributed by atoms with van der Waals surface area (Å²) < 4.78 is 10.9. The highest BCUT2D eigenvalue weighted by atomic mass is 35.5. The molecule has 2 aromatic carbocycles. The van der Waals surface area contributed by atoms with Gasteiger partial charge in [-0.05, 0) is 42.4 Å². The van der Waals surface area contributed by atoms with Gasteiger partial charge in [0.25, 0.3) is 0 Å². The first kappa shape index (κ1) is 22.4.